The van der Waals surface area contributed by atoms with E-state index in [9.17, 15) is 48.6 Å². The van der Waals surface area contributed by atoms with Crippen molar-refractivity contribution >= 4 is 76.0 Å². The van der Waals surface area contributed by atoms with Gasteiger partial charge in [-0.3, -0.25) is 48.3 Å². The van der Waals surface area contributed by atoms with E-state index in [0.717, 1.165) is 60.7 Å². The number of carbonyl (C=O) groups excluding carboxylic acids is 7. The lowest BCUT2D eigenvalue weighted by atomic mass is 9.91. The van der Waals surface area contributed by atoms with Crippen LogP contribution in [-0.4, -0.2) is 213 Å². The molecule has 7 amide bonds. The Morgan fingerprint density at radius 3 is 2.23 bits per heavy atom. The number of piperidine rings is 1. The van der Waals surface area contributed by atoms with Gasteiger partial charge in [0.15, 0.2) is 11.6 Å². The summed E-state index contributed by atoms with van der Waals surface area (Å²) in [4.78, 5) is 120. The monoisotopic (exact) mass is 1440 g/mol. The number of hydrogen-bond donors (Lipinski definition) is 8. The van der Waals surface area contributed by atoms with Gasteiger partial charge >= 0.3 is 12.1 Å². The van der Waals surface area contributed by atoms with Crippen LogP contribution >= 0.6 is 11.3 Å². The van der Waals surface area contributed by atoms with Gasteiger partial charge in [0.2, 0.25) is 35.4 Å². The number of carboxylic acids is 1. The first kappa shape index (κ1) is 76.0. The number of para-hydroxylation sites is 1. The van der Waals surface area contributed by atoms with E-state index >= 15 is 0 Å². The minimum absolute atomic E-state index is 0.0130. The molecule has 0 aliphatic carbocycles. The summed E-state index contributed by atoms with van der Waals surface area (Å²) in [7, 11) is 0. The number of likely N-dealkylation sites (tertiary alicyclic amines) is 2. The fourth-order valence-corrected chi connectivity index (χ4v) is 14.2. The second-order valence-electron chi connectivity index (χ2n) is 27.5. The van der Waals surface area contributed by atoms with E-state index in [1.165, 1.54) is 16.7 Å². The van der Waals surface area contributed by atoms with Gasteiger partial charge in [-0.2, -0.15) is 0 Å². The van der Waals surface area contributed by atoms with Gasteiger partial charge in [-0.25, -0.2) is 9.78 Å². The van der Waals surface area contributed by atoms with E-state index < -0.39 is 65.8 Å². The molecule has 6 aromatic rings. The largest absolute Gasteiger partial charge is 0.507 e. The number of aliphatic carboxylic acids is 1. The number of benzene rings is 3. The molecule has 103 heavy (non-hydrogen) atoms. The number of β-amino-alcohol motifs (C(OH)–C–C–N with tert-alkyl or cyclic N) is 1. The third-order valence-electron chi connectivity index (χ3n) is 19.2. The lowest BCUT2D eigenvalue weighted by molar-refractivity contribution is -0.141. The minimum atomic E-state index is -1.08. The summed E-state index contributed by atoms with van der Waals surface area (Å²) in [5.74, 6) is -3.61. The van der Waals surface area contributed by atoms with Gasteiger partial charge in [0, 0.05) is 82.4 Å². The average Bonchev–Trinajstić information content (AvgIpc) is 1.58. The molecule has 4 aliphatic rings. The molecule has 3 fully saturated rings. The predicted octanol–water partition coefficient (Wildman–Crippen LogP) is 6.26. The van der Waals surface area contributed by atoms with E-state index in [-0.39, 0.29) is 113 Å². The van der Waals surface area contributed by atoms with Crippen molar-refractivity contribution in [2.75, 3.05) is 100 Å². The molecule has 0 radical (unpaired) electrons. The van der Waals surface area contributed by atoms with Gasteiger partial charge in [-0.1, -0.05) is 76.2 Å². The van der Waals surface area contributed by atoms with E-state index in [4.69, 9.17) is 23.8 Å². The summed E-state index contributed by atoms with van der Waals surface area (Å²) in [5.41, 5.74) is 7.45. The molecule has 8 N–H and O–H groups in total. The highest BCUT2D eigenvalue weighted by Crippen LogP contribution is 2.40. The molecule has 30 heteroatoms. The molecular formula is C73H94N14O15S. The smallest absolute Gasteiger partial charge is 0.415 e. The van der Waals surface area contributed by atoms with Crippen molar-refractivity contribution in [3.8, 4) is 33.3 Å². The van der Waals surface area contributed by atoms with Crippen molar-refractivity contribution in [2.24, 2.45) is 17.8 Å². The molecule has 3 saturated heterocycles. The van der Waals surface area contributed by atoms with Crippen molar-refractivity contribution in [3.63, 3.8) is 0 Å². The van der Waals surface area contributed by atoms with Crippen LogP contribution in [0.25, 0.3) is 21.7 Å². The molecule has 3 aromatic heterocycles. The highest BCUT2D eigenvalue weighted by atomic mass is 32.1. The first-order valence-corrected chi connectivity index (χ1v) is 36.1. The number of amides is 7. The molecule has 552 valence electrons. The molecule has 0 spiro atoms. The average molecular weight is 1440 g/mol. The molecule has 3 aromatic carbocycles. The van der Waals surface area contributed by atoms with Gasteiger partial charge in [0.25, 0.3) is 5.88 Å². The number of aryl methyl sites for hydroxylation is 1. The second kappa shape index (κ2) is 35.5. The van der Waals surface area contributed by atoms with Crippen molar-refractivity contribution in [2.45, 2.75) is 136 Å². The zero-order valence-electron chi connectivity index (χ0n) is 59.2. The number of phenols is 1. The highest BCUT2D eigenvalue weighted by molar-refractivity contribution is 7.13. The van der Waals surface area contributed by atoms with Crippen LogP contribution in [0.5, 0.6) is 11.6 Å². The molecule has 29 nitrogen and oxygen atoms in total. The van der Waals surface area contributed by atoms with Crippen LogP contribution in [0.2, 0.25) is 0 Å². The van der Waals surface area contributed by atoms with Crippen molar-refractivity contribution in [1.29, 1.82) is 0 Å². The summed E-state index contributed by atoms with van der Waals surface area (Å²) >= 11 is 1.57. The second-order valence-corrected chi connectivity index (χ2v) is 28.3. The Morgan fingerprint density at radius 1 is 0.767 bits per heavy atom. The van der Waals surface area contributed by atoms with Crippen LogP contribution in [0, 0.1) is 24.7 Å². The van der Waals surface area contributed by atoms with E-state index in [2.05, 4.69) is 61.6 Å². The summed E-state index contributed by atoms with van der Waals surface area (Å²) in [6, 6.07) is 21.8. The number of nitrogens with zero attached hydrogens (tertiary/aromatic N) is 9. The maximum absolute atomic E-state index is 14.4. The van der Waals surface area contributed by atoms with Crippen LogP contribution in [-0.2, 0) is 49.6 Å². The number of rotatable bonds is 31. The van der Waals surface area contributed by atoms with Gasteiger partial charge in [0.05, 0.1) is 71.8 Å². The normalized spacial score (nSPS) is 18.3. The number of anilines is 3. The van der Waals surface area contributed by atoms with Crippen molar-refractivity contribution in [3.05, 3.63) is 113 Å². The lowest BCUT2D eigenvalue weighted by Gasteiger charge is -2.48. The van der Waals surface area contributed by atoms with Crippen LogP contribution < -0.4 is 41.1 Å². The quantitative estimate of drug-likeness (QED) is 0.0223. The molecule has 4 aliphatic heterocycles. The summed E-state index contributed by atoms with van der Waals surface area (Å²) < 4.78 is 23.3. The Kier molecular flexibility index (Phi) is 26.2. The Balaban J connectivity index is 0.671. The first-order valence-electron chi connectivity index (χ1n) is 35.2. The fourth-order valence-electron chi connectivity index (χ4n) is 13.4. The predicted molar refractivity (Wildman–Crippen MR) is 383 cm³/mol. The van der Waals surface area contributed by atoms with Gasteiger partial charge in [0.1, 0.15) is 43.0 Å². The number of ether oxygens (including phenoxy) is 3. The van der Waals surface area contributed by atoms with Gasteiger partial charge < -0.3 is 70.4 Å². The van der Waals surface area contributed by atoms with E-state index in [1.807, 2.05) is 69.6 Å². The van der Waals surface area contributed by atoms with Crippen LogP contribution in [0.3, 0.4) is 0 Å². The number of aliphatic hydroxyl groups excluding tert-OH is 1. The molecule has 7 unspecified atom stereocenters. The number of aliphatic hydroxyl groups is 1. The van der Waals surface area contributed by atoms with Gasteiger partial charge in [-0.15, -0.1) is 21.5 Å². The third kappa shape index (κ3) is 20.2. The zero-order chi connectivity index (χ0) is 73.4. The Bertz CT molecular complexity index is 3920. The SMILES string of the molecule is Cc1ncsc1-c1ccc(C(C)NC(=O)C2CC(O)CN2C(=O)C(c2cc(OCCN3CCC(CN4CCN5c6cc(-c7ccccc7O)nnc6N(C(=O)OCc6ccc(NC(=O)C(C)NC(=O)C(NC(=O)CCOCCNC(=O)CCC(=O)O)C(C)C)cc6)CC5C4)CC3)no2)C(C)C)cc1. The number of hydrogen-bond acceptors (Lipinski definition) is 22. The molecule has 0 saturated carbocycles. The Labute approximate surface area is 602 Å². The van der Waals surface area contributed by atoms with Crippen LogP contribution in [0.1, 0.15) is 115 Å². The summed E-state index contributed by atoms with van der Waals surface area (Å²) in [6.45, 7) is 18.9. The molecule has 7 atom stereocenters. The molecular weight excluding hydrogens is 1340 g/mol. The summed E-state index contributed by atoms with van der Waals surface area (Å²) in [5, 5.41) is 57.4. The number of fused-ring (bicyclic) bond motifs is 3. The summed E-state index contributed by atoms with van der Waals surface area (Å²) in [6.07, 6.45) is 0.0696. The van der Waals surface area contributed by atoms with Crippen LogP contribution in [0.4, 0.5) is 22.0 Å². The maximum atomic E-state index is 14.4. The molecule has 10 rings (SSSR count). The molecule has 0 bridgehead atoms. The number of nitrogens with one attached hydrogen (secondary N) is 5. The lowest BCUT2D eigenvalue weighted by Crippen LogP contribution is -2.61. The zero-order valence-corrected chi connectivity index (χ0v) is 60.1. The number of piperazine rings is 1. The number of aromatic hydroxyl groups is 1. The number of phenolic OH excluding ortho intramolecular Hbond substituents is 1. The van der Waals surface area contributed by atoms with Crippen molar-refractivity contribution in [1.82, 2.24) is 56.3 Å². The number of aromatic nitrogens is 4. The van der Waals surface area contributed by atoms with Crippen LogP contribution in [0.15, 0.2) is 95.0 Å². The highest BCUT2D eigenvalue weighted by Gasteiger charge is 2.45. The van der Waals surface area contributed by atoms with E-state index in [0.29, 0.717) is 71.9 Å². The van der Waals surface area contributed by atoms with Crippen molar-refractivity contribution < 1.29 is 72.4 Å². The standard InChI is InChI=1S/C73H94N14O15S/c1-43(2)65(72(97)86-40-54(88)34-58(86)70(95)76-45(5)50-14-16-51(17-15-50)67-46(6)75-42-103-67)60-36-63(82-102-60)100-33-30-83-26-22-48(23-27-83)37-84-28-29-85-53(38-84)39-87(68-57(85)35-56(80-81-68)55-10-8-9-11-59(55)89)73(98)101-41-49-12-18-52(19-13-49)78-69(94)47(7)77-71(96)66(44(3)4)79-62(91)24-31-99-32-25-74-61(90)20-21-64(92)93/h8-19,35-36,42-45,47-48,53-54,58,65-66,88-89H,20-34,37-41H2,1-7H3,(H,74,90)(H,76,95)(H,77,96)(H,78,94)(H,79,91)(H,92,93). The first-order chi connectivity index (χ1) is 49.5. The molecule has 7 heterocycles. The Morgan fingerprint density at radius 2 is 1.52 bits per heavy atom. The minimum Gasteiger partial charge on any atom is -0.507 e. The number of carboxylic acid groups (broad SMARTS) is 1. The Hall–Kier alpha value is -9.62. The fraction of sp³-hybridized carbons (Fsp3) is 0.507. The van der Waals surface area contributed by atoms with Gasteiger partial charge in [-0.05, 0) is 117 Å². The number of thiazole rings is 1. The maximum Gasteiger partial charge on any atom is 0.415 e. The topological polar surface area (TPSA) is 366 Å². The number of carbonyl (C=O) groups is 8. The third-order valence-corrected chi connectivity index (χ3v) is 20.1. The van der Waals surface area contributed by atoms with E-state index in [1.54, 1.807) is 73.7 Å².